The highest BCUT2D eigenvalue weighted by molar-refractivity contribution is 7.89. The highest BCUT2D eigenvalue weighted by Crippen LogP contribution is 2.32. The van der Waals surface area contributed by atoms with Gasteiger partial charge in [0.25, 0.3) is 0 Å². The van der Waals surface area contributed by atoms with E-state index in [9.17, 15) is 18.0 Å². The lowest BCUT2D eigenvalue weighted by atomic mass is 9.87. The molecule has 2 amide bonds. The van der Waals surface area contributed by atoms with E-state index in [0.717, 1.165) is 44.1 Å². The van der Waals surface area contributed by atoms with Crippen LogP contribution in [0, 0.1) is 5.92 Å². The van der Waals surface area contributed by atoms with E-state index in [0.29, 0.717) is 31.1 Å². The number of anilines is 1. The maximum atomic E-state index is 12.9. The van der Waals surface area contributed by atoms with Crippen LogP contribution in [0.4, 0.5) is 5.69 Å². The van der Waals surface area contributed by atoms with Gasteiger partial charge >= 0.3 is 0 Å². The molecule has 1 N–H and O–H groups in total. The van der Waals surface area contributed by atoms with Crippen LogP contribution >= 0.6 is 0 Å². The van der Waals surface area contributed by atoms with Crippen molar-refractivity contribution in [3.8, 4) is 0 Å². The first-order chi connectivity index (χ1) is 14.3. The molecule has 164 valence electrons. The van der Waals surface area contributed by atoms with Crippen molar-refractivity contribution in [2.75, 3.05) is 24.5 Å². The third-order valence-electron chi connectivity index (χ3n) is 6.64. The largest absolute Gasteiger partial charge is 0.352 e. The second-order valence-corrected chi connectivity index (χ2v) is 10.8. The molecule has 0 spiro atoms. The summed E-state index contributed by atoms with van der Waals surface area (Å²) in [5.41, 5.74) is 1.47. The molecule has 7 nitrogen and oxygen atoms in total. The van der Waals surface area contributed by atoms with Crippen LogP contribution in [0.1, 0.15) is 57.4 Å². The van der Waals surface area contributed by atoms with E-state index in [-0.39, 0.29) is 35.7 Å². The van der Waals surface area contributed by atoms with Crippen LogP contribution in [0.3, 0.4) is 0 Å². The number of rotatable bonds is 5. The molecule has 0 unspecified atom stereocenters. The fourth-order valence-electron chi connectivity index (χ4n) is 4.77. The molecule has 1 saturated heterocycles. The summed E-state index contributed by atoms with van der Waals surface area (Å²) in [5.74, 6) is 0.467. The Morgan fingerprint density at radius 3 is 2.50 bits per heavy atom. The van der Waals surface area contributed by atoms with Gasteiger partial charge in [-0.25, -0.2) is 8.42 Å². The van der Waals surface area contributed by atoms with E-state index in [2.05, 4.69) is 12.2 Å². The standard InChI is InChI=1S/C22H31N3O4S/c1-16-4-7-18(8-5-16)23-21(26)15-25-20-10-9-19(14-17(20)6-11-22(25)27)30(28,29)24-12-2-3-13-24/h9-10,14,16,18H,2-8,11-13,15H2,1H3,(H,23,26). The van der Waals surface area contributed by atoms with Gasteiger partial charge in [0, 0.05) is 31.2 Å². The summed E-state index contributed by atoms with van der Waals surface area (Å²) in [6.45, 7) is 3.34. The highest BCUT2D eigenvalue weighted by atomic mass is 32.2. The Kier molecular flexibility index (Phi) is 6.16. The quantitative estimate of drug-likeness (QED) is 0.773. The van der Waals surface area contributed by atoms with E-state index in [1.54, 1.807) is 18.2 Å². The zero-order valence-electron chi connectivity index (χ0n) is 17.6. The van der Waals surface area contributed by atoms with Crippen LogP contribution < -0.4 is 10.2 Å². The molecular formula is C22H31N3O4S. The molecule has 0 bridgehead atoms. The fourth-order valence-corrected chi connectivity index (χ4v) is 6.34. The Balaban J connectivity index is 1.48. The van der Waals surface area contributed by atoms with Crippen molar-refractivity contribution in [1.29, 1.82) is 0 Å². The number of hydrogen-bond acceptors (Lipinski definition) is 4. The number of nitrogens with one attached hydrogen (secondary N) is 1. The predicted molar refractivity (Wildman–Crippen MR) is 115 cm³/mol. The molecule has 8 heteroatoms. The summed E-state index contributed by atoms with van der Waals surface area (Å²) in [4.78, 5) is 26.9. The van der Waals surface area contributed by atoms with Crippen LogP contribution in [-0.4, -0.2) is 50.2 Å². The Labute approximate surface area is 178 Å². The number of sulfonamides is 1. The Hall–Kier alpha value is -1.93. The van der Waals surface area contributed by atoms with Gasteiger partial charge in [0.15, 0.2) is 0 Å². The van der Waals surface area contributed by atoms with Gasteiger partial charge in [-0.3, -0.25) is 9.59 Å². The average molecular weight is 434 g/mol. The Morgan fingerprint density at radius 2 is 1.80 bits per heavy atom. The minimum absolute atomic E-state index is 0.0177. The lowest BCUT2D eigenvalue weighted by molar-refractivity contribution is -0.124. The molecule has 1 aromatic carbocycles. The van der Waals surface area contributed by atoms with Gasteiger partial charge < -0.3 is 10.2 Å². The number of hydrogen-bond donors (Lipinski definition) is 1. The van der Waals surface area contributed by atoms with Crippen molar-refractivity contribution >= 4 is 27.5 Å². The van der Waals surface area contributed by atoms with E-state index in [1.165, 1.54) is 9.21 Å². The second-order valence-electron chi connectivity index (χ2n) is 8.91. The minimum Gasteiger partial charge on any atom is -0.352 e. The molecule has 4 rings (SSSR count). The van der Waals surface area contributed by atoms with Crippen LogP contribution in [0.2, 0.25) is 0 Å². The smallest absolute Gasteiger partial charge is 0.243 e. The van der Waals surface area contributed by atoms with Crippen molar-refractivity contribution in [3.63, 3.8) is 0 Å². The number of nitrogens with zero attached hydrogens (tertiary/aromatic N) is 2. The molecule has 1 aromatic rings. The van der Waals surface area contributed by atoms with Gasteiger partial charge in [-0.05, 0) is 74.6 Å². The van der Waals surface area contributed by atoms with E-state index < -0.39 is 10.0 Å². The van der Waals surface area contributed by atoms with Gasteiger partial charge in [-0.15, -0.1) is 0 Å². The average Bonchev–Trinajstić information content (AvgIpc) is 3.27. The normalized spacial score (nSPS) is 25.2. The maximum absolute atomic E-state index is 12.9. The molecule has 0 radical (unpaired) electrons. The van der Waals surface area contributed by atoms with E-state index in [4.69, 9.17) is 0 Å². The lowest BCUT2D eigenvalue weighted by Crippen LogP contribution is -2.46. The van der Waals surface area contributed by atoms with Crippen LogP contribution in [0.5, 0.6) is 0 Å². The Morgan fingerprint density at radius 1 is 1.10 bits per heavy atom. The maximum Gasteiger partial charge on any atom is 0.243 e. The van der Waals surface area contributed by atoms with Crippen LogP contribution in [0.25, 0.3) is 0 Å². The molecule has 0 aromatic heterocycles. The summed E-state index contributed by atoms with van der Waals surface area (Å²) >= 11 is 0. The zero-order valence-corrected chi connectivity index (χ0v) is 18.4. The first kappa shape index (κ1) is 21.3. The first-order valence-electron chi connectivity index (χ1n) is 11.1. The third-order valence-corrected chi connectivity index (χ3v) is 8.53. The molecule has 2 aliphatic heterocycles. The number of aryl methyl sites for hydroxylation is 1. The monoisotopic (exact) mass is 433 g/mol. The van der Waals surface area contributed by atoms with Crippen molar-refractivity contribution < 1.29 is 18.0 Å². The number of fused-ring (bicyclic) bond motifs is 1. The minimum atomic E-state index is -3.50. The van der Waals surface area contributed by atoms with Crippen LogP contribution in [0.15, 0.2) is 23.1 Å². The molecule has 1 aliphatic carbocycles. The van der Waals surface area contributed by atoms with Gasteiger partial charge in [-0.1, -0.05) is 6.92 Å². The number of carbonyl (C=O) groups is 2. The van der Waals surface area contributed by atoms with Gasteiger partial charge in [0.1, 0.15) is 6.54 Å². The highest BCUT2D eigenvalue weighted by Gasteiger charge is 2.31. The summed E-state index contributed by atoms with van der Waals surface area (Å²) in [7, 11) is -3.50. The topological polar surface area (TPSA) is 86.8 Å². The first-order valence-corrected chi connectivity index (χ1v) is 12.5. The lowest BCUT2D eigenvalue weighted by Gasteiger charge is -2.31. The molecule has 3 aliphatic rings. The van der Waals surface area contributed by atoms with Crippen LogP contribution in [-0.2, 0) is 26.0 Å². The van der Waals surface area contributed by atoms with Gasteiger partial charge in [-0.2, -0.15) is 4.31 Å². The molecular weight excluding hydrogens is 402 g/mol. The predicted octanol–water partition coefficient (Wildman–Crippen LogP) is 2.45. The summed E-state index contributed by atoms with van der Waals surface area (Å²) in [6.07, 6.45) is 6.76. The SMILES string of the molecule is CC1CCC(NC(=O)CN2C(=O)CCc3cc(S(=O)(=O)N4CCCC4)ccc32)CC1. The summed E-state index contributed by atoms with van der Waals surface area (Å²) < 4.78 is 27.3. The fraction of sp³-hybridized carbons (Fsp3) is 0.636. The number of carbonyl (C=O) groups excluding carboxylic acids is 2. The van der Waals surface area contributed by atoms with Crippen molar-refractivity contribution in [2.24, 2.45) is 5.92 Å². The molecule has 1 saturated carbocycles. The third kappa shape index (κ3) is 4.39. The Bertz CT molecular complexity index is 916. The number of amides is 2. The van der Waals surface area contributed by atoms with E-state index in [1.807, 2.05) is 0 Å². The summed E-state index contributed by atoms with van der Waals surface area (Å²) in [5, 5.41) is 3.08. The molecule has 30 heavy (non-hydrogen) atoms. The van der Waals surface area contributed by atoms with Crippen molar-refractivity contribution in [1.82, 2.24) is 9.62 Å². The molecule has 2 heterocycles. The van der Waals surface area contributed by atoms with Gasteiger partial charge in [0.05, 0.1) is 4.90 Å². The van der Waals surface area contributed by atoms with Gasteiger partial charge in [0.2, 0.25) is 21.8 Å². The zero-order chi connectivity index (χ0) is 21.3. The molecule has 0 atom stereocenters. The van der Waals surface area contributed by atoms with Crippen molar-refractivity contribution in [2.45, 2.75) is 69.2 Å². The van der Waals surface area contributed by atoms with E-state index >= 15 is 0 Å². The second kappa shape index (κ2) is 8.67. The molecule has 2 fully saturated rings. The van der Waals surface area contributed by atoms with Crippen molar-refractivity contribution in [3.05, 3.63) is 23.8 Å². The number of benzene rings is 1. The summed E-state index contributed by atoms with van der Waals surface area (Å²) in [6, 6.07) is 5.12.